The van der Waals surface area contributed by atoms with Gasteiger partial charge in [0.05, 0.1) is 11.9 Å². The lowest BCUT2D eigenvalue weighted by atomic mass is 10.1. The monoisotopic (exact) mass is 346 g/mol. The number of rotatable bonds is 5. The Hall–Kier alpha value is -1.85. The van der Waals surface area contributed by atoms with Crippen LogP contribution >= 0.6 is 11.6 Å². The summed E-state index contributed by atoms with van der Waals surface area (Å²) in [7, 11) is 0. The molecule has 128 valence electrons. The number of aromatic amines is 1. The molecule has 5 nitrogen and oxygen atoms in total. The first-order valence-electron chi connectivity index (χ1n) is 8.49. The Morgan fingerprint density at radius 3 is 2.46 bits per heavy atom. The van der Waals surface area contributed by atoms with Gasteiger partial charge in [-0.05, 0) is 37.1 Å². The maximum absolute atomic E-state index is 11.4. The van der Waals surface area contributed by atoms with Gasteiger partial charge in [0.1, 0.15) is 5.02 Å². The molecule has 0 radical (unpaired) electrons. The molecular formula is C18H23ClN4O. The molecule has 0 amide bonds. The predicted molar refractivity (Wildman–Crippen MR) is 97.4 cm³/mol. The van der Waals surface area contributed by atoms with Crippen molar-refractivity contribution in [2.75, 3.05) is 18.4 Å². The van der Waals surface area contributed by atoms with E-state index < -0.39 is 0 Å². The number of anilines is 1. The standard InChI is InChI=1S/C18H23ClN4O/c19-17-16(12-21-22-18(17)24)20-11-14-5-7-15(8-6-14)13-23-9-3-1-2-4-10-23/h5-8,12H,1-4,9-11,13H2,(H2,20,22,24). The van der Waals surface area contributed by atoms with Crippen molar-refractivity contribution in [1.82, 2.24) is 15.1 Å². The van der Waals surface area contributed by atoms with Gasteiger partial charge in [0.15, 0.2) is 0 Å². The van der Waals surface area contributed by atoms with Crippen molar-refractivity contribution >= 4 is 17.3 Å². The Morgan fingerprint density at radius 2 is 1.75 bits per heavy atom. The molecule has 1 fully saturated rings. The topological polar surface area (TPSA) is 61.0 Å². The van der Waals surface area contributed by atoms with E-state index in [1.54, 1.807) is 0 Å². The van der Waals surface area contributed by atoms with Crippen LogP contribution < -0.4 is 10.9 Å². The molecule has 1 saturated heterocycles. The van der Waals surface area contributed by atoms with E-state index in [2.05, 4.69) is 44.7 Å². The molecule has 0 bridgehead atoms. The van der Waals surface area contributed by atoms with Gasteiger partial charge in [-0.2, -0.15) is 5.10 Å². The van der Waals surface area contributed by atoms with E-state index in [9.17, 15) is 4.79 Å². The lowest BCUT2D eigenvalue weighted by Crippen LogP contribution is -2.23. The quantitative estimate of drug-likeness (QED) is 0.871. The Labute approximate surface area is 147 Å². The maximum atomic E-state index is 11.4. The largest absolute Gasteiger partial charge is 0.378 e. The molecule has 1 aromatic carbocycles. The Balaban J connectivity index is 1.56. The Bertz CT molecular complexity index is 706. The highest BCUT2D eigenvalue weighted by atomic mass is 35.5. The summed E-state index contributed by atoms with van der Waals surface area (Å²) < 4.78 is 0. The SMILES string of the molecule is O=c1[nH]ncc(NCc2ccc(CN3CCCCCC3)cc2)c1Cl. The number of halogens is 1. The highest BCUT2D eigenvalue weighted by Crippen LogP contribution is 2.17. The van der Waals surface area contributed by atoms with Gasteiger partial charge >= 0.3 is 0 Å². The van der Waals surface area contributed by atoms with Crippen LogP contribution in [-0.2, 0) is 13.1 Å². The first-order valence-corrected chi connectivity index (χ1v) is 8.87. The first-order chi connectivity index (χ1) is 11.7. The summed E-state index contributed by atoms with van der Waals surface area (Å²) in [5, 5.41) is 9.36. The molecule has 1 aliphatic heterocycles. The van der Waals surface area contributed by atoms with Crippen LogP contribution in [0.4, 0.5) is 5.69 Å². The second-order valence-corrected chi connectivity index (χ2v) is 6.67. The number of benzene rings is 1. The van der Waals surface area contributed by atoms with Crippen LogP contribution in [0.5, 0.6) is 0 Å². The fourth-order valence-electron chi connectivity index (χ4n) is 3.02. The van der Waals surface area contributed by atoms with Gasteiger partial charge in [-0.3, -0.25) is 9.69 Å². The fourth-order valence-corrected chi connectivity index (χ4v) is 3.18. The second-order valence-electron chi connectivity index (χ2n) is 6.29. The summed E-state index contributed by atoms with van der Waals surface area (Å²) >= 11 is 5.95. The molecule has 1 aliphatic rings. The number of nitrogens with zero attached hydrogens (tertiary/aromatic N) is 2. The predicted octanol–water partition coefficient (Wildman–Crippen LogP) is 3.41. The van der Waals surface area contributed by atoms with Crippen molar-refractivity contribution < 1.29 is 0 Å². The third-order valence-corrected chi connectivity index (χ3v) is 4.78. The molecule has 2 aromatic rings. The van der Waals surface area contributed by atoms with Crippen molar-refractivity contribution in [3.8, 4) is 0 Å². The molecule has 3 rings (SSSR count). The lowest BCUT2D eigenvalue weighted by molar-refractivity contribution is 0.277. The van der Waals surface area contributed by atoms with Crippen LogP contribution in [0.1, 0.15) is 36.8 Å². The van der Waals surface area contributed by atoms with Crippen molar-refractivity contribution in [2.24, 2.45) is 0 Å². The van der Waals surface area contributed by atoms with Crippen LogP contribution in [0.3, 0.4) is 0 Å². The van der Waals surface area contributed by atoms with Gasteiger partial charge in [-0.1, -0.05) is 48.7 Å². The number of H-pyrrole nitrogens is 1. The molecule has 2 N–H and O–H groups in total. The highest BCUT2D eigenvalue weighted by Gasteiger charge is 2.09. The van der Waals surface area contributed by atoms with Gasteiger partial charge in [-0.15, -0.1) is 0 Å². The normalized spacial score (nSPS) is 15.9. The number of hydrogen-bond donors (Lipinski definition) is 2. The van der Waals surface area contributed by atoms with Crippen LogP contribution in [0.2, 0.25) is 5.02 Å². The summed E-state index contributed by atoms with van der Waals surface area (Å²) in [6.45, 7) is 4.04. The van der Waals surface area contributed by atoms with Crippen molar-refractivity contribution in [3.05, 3.63) is 57.0 Å². The van der Waals surface area contributed by atoms with Gasteiger partial charge < -0.3 is 5.32 Å². The number of nitrogens with one attached hydrogen (secondary N) is 2. The molecule has 0 unspecified atom stereocenters. The van der Waals surface area contributed by atoms with Crippen molar-refractivity contribution in [2.45, 2.75) is 38.8 Å². The summed E-state index contributed by atoms with van der Waals surface area (Å²) in [4.78, 5) is 14.0. The van der Waals surface area contributed by atoms with E-state index in [0.717, 1.165) is 12.1 Å². The second kappa shape index (κ2) is 8.31. The third-order valence-electron chi connectivity index (χ3n) is 4.41. The average molecular weight is 347 g/mol. The van der Waals surface area contributed by atoms with Crippen molar-refractivity contribution in [1.29, 1.82) is 0 Å². The zero-order valence-electron chi connectivity index (χ0n) is 13.7. The summed E-state index contributed by atoms with van der Waals surface area (Å²) in [5.74, 6) is 0. The Kier molecular flexibility index (Phi) is 5.88. The number of hydrogen-bond acceptors (Lipinski definition) is 4. The third kappa shape index (κ3) is 4.58. The smallest absolute Gasteiger partial charge is 0.285 e. The first kappa shape index (κ1) is 17.0. The summed E-state index contributed by atoms with van der Waals surface area (Å²) in [6.07, 6.45) is 6.87. The molecule has 1 aromatic heterocycles. The molecule has 24 heavy (non-hydrogen) atoms. The van der Waals surface area contributed by atoms with Gasteiger partial charge in [0, 0.05) is 13.1 Å². The summed E-state index contributed by atoms with van der Waals surface area (Å²) in [6, 6.07) is 8.60. The number of likely N-dealkylation sites (tertiary alicyclic amines) is 1. The molecule has 0 aliphatic carbocycles. The molecule has 6 heteroatoms. The fraction of sp³-hybridized carbons (Fsp3) is 0.444. The minimum absolute atomic E-state index is 0.141. The van der Waals surface area contributed by atoms with E-state index in [1.807, 2.05) is 0 Å². The number of aromatic nitrogens is 2. The van der Waals surface area contributed by atoms with Gasteiger partial charge in [-0.25, -0.2) is 5.10 Å². The van der Waals surface area contributed by atoms with Crippen LogP contribution in [0.15, 0.2) is 35.3 Å². The Morgan fingerprint density at radius 1 is 1.08 bits per heavy atom. The minimum Gasteiger partial charge on any atom is -0.378 e. The van der Waals surface area contributed by atoms with E-state index >= 15 is 0 Å². The van der Waals surface area contributed by atoms with Gasteiger partial charge in [0.25, 0.3) is 5.56 Å². The zero-order valence-corrected chi connectivity index (χ0v) is 14.5. The summed E-state index contributed by atoms with van der Waals surface area (Å²) in [5.41, 5.74) is 2.66. The van der Waals surface area contributed by atoms with Crippen LogP contribution in [-0.4, -0.2) is 28.2 Å². The van der Waals surface area contributed by atoms with Crippen LogP contribution in [0, 0.1) is 0 Å². The van der Waals surface area contributed by atoms with E-state index in [1.165, 1.54) is 50.5 Å². The molecule has 0 saturated carbocycles. The van der Waals surface area contributed by atoms with E-state index in [-0.39, 0.29) is 10.6 Å². The maximum Gasteiger partial charge on any atom is 0.285 e. The van der Waals surface area contributed by atoms with E-state index in [4.69, 9.17) is 11.6 Å². The molecule has 0 atom stereocenters. The zero-order chi connectivity index (χ0) is 16.8. The lowest BCUT2D eigenvalue weighted by Gasteiger charge is -2.19. The average Bonchev–Trinajstić information content (AvgIpc) is 2.86. The molecule has 0 spiro atoms. The molecule has 2 heterocycles. The van der Waals surface area contributed by atoms with E-state index in [0.29, 0.717) is 12.2 Å². The van der Waals surface area contributed by atoms with Crippen LogP contribution in [0.25, 0.3) is 0 Å². The van der Waals surface area contributed by atoms with Crippen molar-refractivity contribution in [3.63, 3.8) is 0 Å². The highest BCUT2D eigenvalue weighted by molar-refractivity contribution is 6.32. The minimum atomic E-state index is -0.380. The van der Waals surface area contributed by atoms with Gasteiger partial charge in [0.2, 0.25) is 0 Å². The molecular weight excluding hydrogens is 324 g/mol.